The molecule has 0 unspecified atom stereocenters. The molecule has 0 aromatic heterocycles. The number of rotatable bonds is 5. The average Bonchev–Trinajstić information content (AvgIpc) is 2.12. The van der Waals surface area contributed by atoms with E-state index in [1.165, 1.54) is 0 Å². The van der Waals surface area contributed by atoms with Crippen LogP contribution in [0, 0.1) is 0 Å². The Morgan fingerprint density at radius 3 is 1.62 bits per heavy atom. The first kappa shape index (κ1) is 27.4. The van der Waals surface area contributed by atoms with Gasteiger partial charge in [0.1, 0.15) is 18.3 Å². The summed E-state index contributed by atoms with van der Waals surface area (Å²) in [7, 11) is 0. The van der Waals surface area contributed by atoms with Crippen LogP contribution >= 0.6 is 0 Å². The molecule has 0 spiro atoms. The van der Waals surface area contributed by atoms with Gasteiger partial charge in [-0.3, -0.25) is 0 Å². The molecule has 0 aliphatic heterocycles. The molecular weight excluding hydrogens is 321 g/mol. The minimum atomic E-state index is -2.20. The summed E-state index contributed by atoms with van der Waals surface area (Å²) in [5.74, 6) is -1.73. The van der Waals surface area contributed by atoms with Crippen LogP contribution in [0.2, 0.25) is 0 Å². The molecule has 16 heavy (non-hydrogen) atoms. The van der Waals surface area contributed by atoms with Crippen molar-refractivity contribution in [3.05, 3.63) is 0 Å². The number of carboxylic acids is 1. The third kappa shape index (κ3) is 9.91. The molecule has 0 heterocycles. The van der Waals surface area contributed by atoms with Gasteiger partial charge < -0.3 is 30.6 Å². The number of hydrogen-bond acceptors (Lipinski definition) is 6. The first-order valence-corrected chi connectivity index (χ1v) is 3.47. The fourth-order valence-corrected chi connectivity index (χ4v) is 0.668. The Morgan fingerprint density at radius 2 is 1.38 bits per heavy atom. The predicted octanol–water partition coefficient (Wildman–Crippen LogP) is -4.79. The standard InChI is InChI=1S/C6H12O7.Co.2K.2H/c7-1-2(8)3(9)4(10)5(11)6(12)13;;;;;/h2-5,7-11H,1H2,(H,12,13);;;;;/t2-,3-,4+,5-;;;;;/m1...../s1. The van der Waals surface area contributed by atoms with Gasteiger partial charge in [0.05, 0.1) is 6.61 Å². The molecule has 0 rings (SSSR count). The summed E-state index contributed by atoms with van der Waals surface area (Å²) in [5, 5.41) is 51.8. The van der Waals surface area contributed by atoms with Gasteiger partial charge in [0, 0.05) is 16.8 Å². The van der Waals surface area contributed by atoms with E-state index < -0.39 is 37.0 Å². The Balaban J connectivity index is -0.000000240. The third-order valence-corrected chi connectivity index (χ3v) is 1.51. The molecular formula is C6H14CoK2O7. The number of carboxylic acid groups (broad SMARTS) is 1. The van der Waals surface area contributed by atoms with Crippen LogP contribution in [0.3, 0.4) is 0 Å². The first-order valence-electron chi connectivity index (χ1n) is 3.47. The van der Waals surface area contributed by atoms with Crippen molar-refractivity contribution >= 4 is 109 Å². The molecule has 7 nitrogen and oxygen atoms in total. The monoisotopic (exact) mass is 335 g/mol. The van der Waals surface area contributed by atoms with E-state index in [-0.39, 0.29) is 120 Å². The van der Waals surface area contributed by atoms with Crippen LogP contribution in [-0.2, 0) is 21.6 Å². The van der Waals surface area contributed by atoms with E-state index in [1.807, 2.05) is 0 Å². The predicted molar refractivity (Wildman–Crippen MR) is 53.0 cm³/mol. The number of aliphatic hydroxyl groups is 5. The topological polar surface area (TPSA) is 138 Å². The first-order chi connectivity index (χ1) is 5.91. The van der Waals surface area contributed by atoms with E-state index >= 15 is 0 Å². The number of aliphatic carboxylic acids is 1. The van der Waals surface area contributed by atoms with Crippen LogP contribution in [0.15, 0.2) is 0 Å². The zero-order chi connectivity index (χ0) is 10.6. The summed E-state index contributed by atoms with van der Waals surface area (Å²) in [6.45, 7) is -0.843. The molecule has 91 valence electrons. The third-order valence-electron chi connectivity index (χ3n) is 1.51. The van der Waals surface area contributed by atoms with Gasteiger partial charge in [-0.15, -0.1) is 0 Å². The van der Waals surface area contributed by atoms with E-state index in [4.69, 9.17) is 30.6 Å². The molecule has 0 saturated heterocycles. The number of aliphatic hydroxyl groups excluding tert-OH is 5. The molecule has 0 bridgehead atoms. The van der Waals surface area contributed by atoms with E-state index in [9.17, 15) is 4.79 Å². The summed E-state index contributed by atoms with van der Waals surface area (Å²) in [4.78, 5) is 10.1. The van der Waals surface area contributed by atoms with Crippen LogP contribution in [0.5, 0.6) is 0 Å². The minimum absolute atomic E-state index is 0. The summed E-state index contributed by atoms with van der Waals surface area (Å²) >= 11 is 0. The molecule has 6 N–H and O–H groups in total. The van der Waals surface area contributed by atoms with Crippen molar-refractivity contribution < 1.29 is 52.2 Å². The van der Waals surface area contributed by atoms with Crippen molar-refractivity contribution in [1.82, 2.24) is 0 Å². The van der Waals surface area contributed by atoms with Crippen molar-refractivity contribution in [3.8, 4) is 0 Å². The Kier molecular flexibility index (Phi) is 24.8. The van der Waals surface area contributed by atoms with Gasteiger partial charge in [-0.1, -0.05) is 0 Å². The van der Waals surface area contributed by atoms with Crippen LogP contribution in [-0.4, -0.2) is 170 Å². The van der Waals surface area contributed by atoms with E-state index in [2.05, 4.69) is 0 Å². The maximum absolute atomic E-state index is 10.1. The normalized spacial score (nSPS) is 16.6. The second-order valence-corrected chi connectivity index (χ2v) is 2.51. The van der Waals surface area contributed by atoms with Gasteiger partial charge in [0.15, 0.2) is 6.10 Å². The molecule has 1 radical (unpaired) electrons. The SMILES string of the molecule is O=C(O)[C@H](O)[C@@H](O)[C@H](O)[C@H](O)CO.[Co].[KH].[KH]. The molecule has 4 atom stereocenters. The number of carbonyl (C=O) groups is 1. The summed E-state index contributed by atoms with van der Waals surface area (Å²) < 4.78 is 0. The fourth-order valence-electron chi connectivity index (χ4n) is 0.668. The quantitative estimate of drug-likeness (QED) is 0.277. The van der Waals surface area contributed by atoms with Crippen LogP contribution in [0.25, 0.3) is 0 Å². The molecule has 0 amide bonds. The van der Waals surface area contributed by atoms with Gasteiger partial charge in [0.2, 0.25) is 0 Å². The zero-order valence-corrected chi connectivity index (χ0v) is 7.98. The van der Waals surface area contributed by atoms with E-state index in [1.54, 1.807) is 0 Å². The van der Waals surface area contributed by atoms with Crippen LogP contribution < -0.4 is 0 Å². The average molecular weight is 335 g/mol. The summed E-state index contributed by atoms with van der Waals surface area (Å²) in [5.41, 5.74) is 0. The Hall–Kier alpha value is 3.05. The van der Waals surface area contributed by atoms with Gasteiger partial charge in [-0.2, -0.15) is 0 Å². The molecule has 0 aromatic carbocycles. The molecule has 0 fully saturated rings. The van der Waals surface area contributed by atoms with Crippen LogP contribution in [0.4, 0.5) is 0 Å². The Morgan fingerprint density at radius 1 is 1.00 bits per heavy atom. The Bertz CT molecular complexity index is 184. The Labute approximate surface area is 188 Å². The number of hydrogen-bond donors (Lipinski definition) is 6. The van der Waals surface area contributed by atoms with Crippen molar-refractivity contribution in [3.63, 3.8) is 0 Å². The van der Waals surface area contributed by atoms with Crippen molar-refractivity contribution in [2.75, 3.05) is 6.61 Å². The van der Waals surface area contributed by atoms with Crippen molar-refractivity contribution in [1.29, 1.82) is 0 Å². The summed E-state index contributed by atoms with van der Waals surface area (Å²) in [6.07, 6.45) is -7.84. The van der Waals surface area contributed by atoms with Gasteiger partial charge in [0.25, 0.3) is 0 Å². The second-order valence-electron chi connectivity index (χ2n) is 2.51. The molecule has 0 aliphatic rings. The maximum atomic E-state index is 10.1. The molecule has 10 heteroatoms. The molecule has 0 aliphatic carbocycles. The zero-order valence-electron chi connectivity index (χ0n) is 6.94. The molecule has 0 aromatic rings. The molecule has 0 saturated carbocycles. The van der Waals surface area contributed by atoms with Crippen molar-refractivity contribution in [2.24, 2.45) is 0 Å². The van der Waals surface area contributed by atoms with E-state index in [0.717, 1.165) is 0 Å². The van der Waals surface area contributed by atoms with Gasteiger partial charge in [-0.05, 0) is 0 Å². The van der Waals surface area contributed by atoms with Gasteiger partial charge >= 0.3 is 109 Å². The van der Waals surface area contributed by atoms with Crippen molar-refractivity contribution in [2.45, 2.75) is 24.4 Å². The van der Waals surface area contributed by atoms with Crippen LogP contribution in [0.1, 0.15) is 0 Å². The summed E-state index contributed by atoms with van der Waals surface area (Å²) in [6, 6.07) is 0. The van der Waals surface area contributed by atoms with Gasteiger partial charge in [-0.25, -0.2) is 4.79 Å². The fraction of sp³-hybridized carbons (Fsp3) is 0.833. The second kappa shape index (κ2) is 14.5. The van der Waals surface area contributed by atoms with E-state index in [0.29, 0.717) is 0 Å².